The number of hydrogen-bond acceptors (Lipinski definition) is 3. The molecule has 0 spiro atoms. The number of carbonyl (C=O) groups excluding carboxylic acids is 1. The standard InChI is InChI=1S/C8H14O3/c1-3-6-11-7(9)8(10-2)4-5-8/h3-6H2,1-2H3. The maximum absolute atomic E-state index is 11.2. The molecule has 0 N–H and O–H groups in total. The molecule has 0 aromatic heterocycles. The third kappa shape index (κ3) is 1.71. The van der Waals surface area contributed by atoms with Crippen LogP contribution in [0.2, 0.25) is 0 Å². The zero-order chi connectivity index (χ0) is 8.32. The van der Waals surface area contributed by atoms with Crippen molar-refractivity contribution in [2.45, 2.75) is 31.8 Å². The van der Waals surface area contributed by atoms with E-state index in [0.717, 1.165) is 19.3 Å². The first kappa shape index (κ1) is 8.53. The van der Waals surface area contributed by atoms with Crippen LogP contribution in [0.25, 0.3) is 0 Å². The summed E-state index contributed by atoms with van der Waals surface area (Å²) in [6.07, 6.45) is 2.49. The van der Waals surface area contributed by atoms with Gasteiger partial charge in [-0.3, -0.25) is 0 Å². The highest BCUT2D eigenvalue weighted by atomic mass is 16.6. The van der Waals surface area contributed by atoms with Gasteiger partial charge in [0.1, 0.15) is 0 Å². The molecule has 0 bridgehead atoms. The summed E-state index contributed by atoms with van der Waals surface area (Å²) in [5, 5.41) is 0. The Morgan fingerprint density at radius 2 is 2.18 bits per heavy atom. The Balaban J connectivity index is 2.29. The molecule has 0 aliphatic heterocycles. The molecule has 0 aromatic carbocycles. The van der Waals surface area contributed by atoms with Crippen LogP contribution < -0.4 is 0 Å². The molecule has 1 aliphatic rings. The number of esters is 1. The largest absolute Gasteiger partial charge is 0.464 e. The van der Waals surface area contributed by atoms with Crippen LogP contribution in [0.3, 0.4) is 0 Å². The molecule has 0 aromatic rings. The third-order valence-electron chi connectivity index (χ3n) is 1.90. The molecule has 0 amide bonds. The van der Waals surface area contributed by atoms with Crippen LogP contribution in [0.5, 0.6) is 0 Å². The Hall–Kier alpha value is -0.570. The summed E-state index contributed by atoms with van der Waals surface area (Å²) >= 11 is 0. The third-order valence-corrected chi connectivity index (χ3v) is 1.90. The van der Waals surface area contributed by atoms with E-state index in [2.05, 4.69) is 0 Å². The predicted octanol–water partition coefficient (Wildman–Crippen LogP) is 1.12. The second-order valence-corrected chi connectivity index (χ2v) is 2.83. The summed E-state index contributed by atoms with van der Waals surface area (Å²) in [5.74, 6) is -0.193. The van der Waals surface area contributed by atoms with Crippen molar-refractivity contribution in [1.29, 1.82) is 0 Å². The maximum atomic E-state index is 11.2. The first-order valence-electron chi connectivity index (χ1n) is 3.97. The first-order valence-corrected chi connectivity index (χ1v) is 3.97. The van der Waals surface area contributed by atoms with Crippen molar-refractivity contribution in [3.8, 4) is 0 Å². The first-order chi connectivity index (χ1) is 5.25. The Kier molecular flexibility index (Phi) is 2.49. The topological polar surface area (TPSA) is 35.5 Å². The second-order valence-electron chi connectivity index (χ2n) is 2.83. The van der Waals surface area contributed by atoms with Crippen molar-refractivity contribution in [1.82, 2.24) is 0 Å². The maximum Gasteiger partial charge on any atom is 0.338 e. The molecule has 0 heterocycles. The average molecular weight is 158 g/mol. The fourth-order valence-electron chi connectivity index (χ4n) is 0.931. The minimum Gasteiger partial charge on any atom is -0.464 e. The van der Waals surface area contributed by atoms with Gasteiger partial charge in [-0.15, -0.1) is 0 Å². The summed E-state index contributed by atoms with van der Waals surface area (Å²) in [6.45, 7) is 2.48. The number of carbonyl (C=O) groups is 1. The van der Waals surface area contributed by atoms with Crippen molar-refractivity contribution in [2.75, 3.05) is 13.7 Å². The van der Waals surface area contributed by atoms with Gasteiger partial charge in [0.15, 0.2) is 5.60 Å². The summed E-state index contributed by atoms with van der Waals surface area (Å²) in [6, 6.07) is 0. The molecule has 3 nitrogen and oxygen atoms in total. The van der Waals surface area contributed by atoms with Gasteiger partial charge in [-0.05, 0) is 19.3 Å². The number of hydrogen-bond donors (Lipinski definition) is 0. The Morgan fingerprint density at radius 1 is 1.55 bits per heavy atom. The molecule has 0 radical (unpaired) electrons. The van der Waals surface area contributed by atoms with Crippen molar-refractivity contribution in [3.05, 3.63) is 0 Å². The summed E-state index contributed by atoms with van der Waals surface area (Å²) in [4.78, 5) is 11.2. The zero-order valence-electron chi connectivity index (χ0n) is 7.05. The zero-order valence-corrected chi connectivity index (χ0v) is 7.05. The van der Waals surface area contributed by atoms with Crippen LogP contribution in [-0.4, -0.2) is 25.3 Å². The van der Waals surface area contributed by atoms with Crippen LogP contribution in [0.4, 0.5) is 0 Å². The van der Waals surface area contributed by atoms with Gasteiger partial charge in [-0.1, -0.05) is 6.92 Å². The van der Waals surface area contributed by atoms with E-state index in [1.54, 1.807) is 7.11 Å². The molecule has 64 valence electrons. The van der Waals surface area contributed by atoms with Crippen molar-refractivity contribution in [2.24, 2.45) is 0 Å². The minimum atomic E-state index is -0.560. The number of methoxy groups -OCH3 is 1. The van der Waals surface area contributed by atoms with Crippen LogP contribution in [0, 0.1) is 0 Å². The van der Waals surface area contributed by atoms with Crippen molar-refractivity contribution < 1.29 is 14.3 Å². The Morgan fingerprint density at radius 3 is 2.55 bits per heavy atom. The van der Waals surface area contributed by atoms with Crippen LogP contribution >= 0.6 is 0 Å². The van der Waals surface area contributed by atoms with E-state index in [0.29, 0.717) is 6.61 Å². The van der Waals surface area contributed by atoms with Gasteiger partial charge in [-0.2, -0.15) is 0 Å². The Labute approximate surface area is 66.7 Å². The molecule has 1 saturated carbocycles. The van der Waals surface area contributed by atoms with Gasteiger partial charge < -0.3 is 9.47 Å². The summed E-state index contributed by atoms with van der Waals surface area (Å²) in [5.41, 5.74) is -0.560. The molecule has 3 heteroatoms. The van der Waals surface area contributed by atoms with Crippen molar-refractivity contribution >= 4 is 5.97 Å². The number of rotatable bonds is 4. The second kappa shape index (κ2) is 3.22. The molecule has 1 fully saturated rings. The van der Waals surface area contributed by atoms with E-state index in [1.165, 1.54) is 0 Å². The van der Waals surface area contributed by atoms with E-state index >= 15 is 0 Å². The predicted molar refractivity (Wildman–Crippen MR) is 40.2 cm³/mol. The molecule has 0 unspecified atom stereocenters. The molecule has 0 saturated heterocycles. The molecular weight excluding hydrogens is 144 g/mol. The van der Waals surface area contributed by atoms with Gasteiger partial charge >= 0.3 is 5.97 Å². The highest BCUT2D eigenvalue weighted by molar-refractivity contribution is 5.82. The van der Waals surface area contributed by atoms with Gasteiger partial charge in [0, 0.05) is 7.11 Å². The summed E-state index contributed by atoms with van der Waals surface area (Å²) in [7, 11) is 1.56. The quantitative estimate of drug-likeness (QED) is 0.575. The monoisotopic (exact) mass is 158 g/mol. The SMILES string of the molecule is CCCOC(=O)C1(OC)CC1. The normalized spacial score (nSPS) is 19.5. The average Bonchev–Trinajstić information content (AvgIpc) is 2.80. The molecule has 11 heavy (non-hydrogen) atoms. The lowest BCUT2D eigenvalue weighted by atomic mass is 10.3. The van der Waals surface area contributed by atoms with E-state index in [9.17, 15) is 4.79 Å². The van der Waals surface area contributed by atoms with E-state index in [1.807, 2.05) is 6.92 Å². The van der Waals surface area contributed by atoms with Crippen LogP contribution in [0.15, 0.2) is 0 Å². The fraction of sp³-hybridized carbons (Fsp3) is 0.875. The molecule has 1 aliphatic carbocycles. The molecule has 1 rings (SSSR count). The van der Waals surface area contributed by atoms with E-state index in [-0.39, 0.29) is 5.97 Å². The summed E-state index contributed by atoms with van der Waals surface area (Å²) < 4.78 is 9.98. The molecular formula is C8H14O3. The lowest BCUT2D eigenvalue weighted by Crippen LogP contribution is -2.27. The minimum absolute atomic E-state index is 0.193. The lowest BCUT2D eigenvalue weighted by Gasteiger charge is -2.11. The highest BCUT2D eigenvalue weighted by Gasteiger charge is 2.52. The number of ether oxygens (including phenoxy) is 2. The smallest absolute Gasteiger partial charge is 0.338 e. The lowest BCUT2D eigenvalue weighted by molar-refractivity contribution is -0.158. The van der Waals surface area contributed by atoms with Gasteiger partial charge in [0.05, 0.1) is 6.61 Å². The molecule has 0 atom stereocenters. The van der Waals surface area contributed by atoms with E-state index in [4.69, 9.17) is 9.47 Å². The van der Waals surface area contributed by atoms with Crippen LogP contribution in [0.1, 0.15) is 26.2 Å². The van der Waals surface area contributed by atoms with Gasteiger partial charge in [0.2, 0.25) is 0 Å². The van der Waals surface area contributed by atoms with Gasteiger partial charge in [-0.25, -0.2) is 4.79 Å². The van der Waals surface area contributed by atoms with Crippen molar-refractivity contribution in [3.63, 3.8) is 0 Å². The fourth-order valence-corrected chi connectivity index (χ4v) is 0.931. The van der Waals surface area contributed by atoms with Crippen LogP contribution in [-0.2, 0) is 14.3 Å². The highest BCUT2D eigenvalue weighted by Crippen LogP contribution is 2.39. The van der Waals surface area contributed by atoms with Gasteiger partial charge in [0.25, 0.3) is 0 Å². The van der Waals surface area contributed by atoms with E-state index < -0.39 is 5.60 Å². The Bertz CT molecular complexity index is 149.